The number of halogens is 1. The van der Waals surface area contributed by atoms with Crippen molar-refractivity contribution in [1.29, 1.82) is 0 Å². The van der Waals surface area contributed by atoms with E-state index in [2.05, 4.69) is 0 Å². The highest BCUT2D eigenvalue weighted by molar-refractivity contribution is 6.10. The van der Waals surface area contributed by atoms with Crippen LogP contribution in [0, 0.1) is 19.7 Å². The molecule has 4 aromatic rings. The van der Waals surface area contributed by atoms with Crippen molar-refractivity contribution in [2.24, 2.45) is 0 Å². The van der Waals surface area contributed by atoms with Crippen LogP contribution in [-0.4, -0.2) is 12.5 Å². The lowest BCUT2D eigenvalue weighted by Crippen LogP contribution is -2.29. The second-order valence-electron chi connectivity index (χ2n) is 8.16. The Bertz CT molecular complexity index is 1440. The SMILES string of the molecule is CCOc1ccc(C2c3c(oc4cc(C)c(C)cc4c3=O)C(=O)N2c2ccc(F)cc2)cc1. The maximum Gasteiger partial charge on any atom is 0.295 e. The van der Waals surface area contributed by atoms with Gasteiger partial charge in [-0.2, -0.15) is 0 Å². The number of anilines is 1. The first-order chi connectivity index (χ1) is 15.9. The maximum atomic E-state index is 13.7. The fraction of sp³-hybridized carbons (Fsp3) is 0.185. The van der Waals surface area contributed by atoms with Crippen molar-refractivity contribution in [3.8, 4) is 5.75 Å². The smallest absolute Gasteiger partial charge is 0.295 e. The van der Waals surface area contributed by atoms with Crippen LogP contribution in [0.1, 0.15) is 45.8 Å². The van der Waals surface area contributed by atoms with Gasteiger partial charge < -0.3 is 9.15 Å². The Hall–Kier alpha value is -3.93. The minimum atomic E-state index is -0.712. The molecule has 1 atom stereocenters. The summed E-state index contributed by atoms with van der Waals surface area (Å²) in [6.45, 7) is 6.29. The summed E-state index contributed by atoms with van der Waals surface area (Å²) in [5.74, 6) is -0.145. The molecule has 0 radical (unpaired) electrons. The number of rotatable bonds is 4. The van der Waals surface area contributed by atoms with E-state index in [1.54, 1.807) is 24.3 Å². The zero-order valence-electron chi connectivity index (χ0n) is 18.5. The van der Waals surface area contributed by atoms with Crippen molar-refractivity contribution >= 4 is 22.6 Å². The standard InChI is InChI=1S/C27H22FNO4/c1-4-32-20-11-5-17(6-12-20)24-23-25(30)21-13-15(2)16(3)14-22(21)33-26(23)27(31)29(24)19-9-7-18(28)8-10-19/h5-14,24H,4H2,1-3H3. The van der Waals surface area contributed by atoms with Crippen LogP contribution in [0.25, 0.3) is 11.0 Å². The highest BCUT2D eigenvalue weighted by Crippen LogP contribution is 2.41. The summed E-state index contributed by atoms with van der Waals surface area (Å²) in [6, 6.07) is 15.8. The fourth-order valence-electron chi connectivity index (χ4n) is 4.32. The molecule has 0 fully saturated rings. The molecule has 1 aliphatic heterocycles. The van der Waals surface area contributed by atoms with Gasteiger partial charge in [-0.3, -0.25) is 14.5 Å². The maximum absolute atomic E-state index is 13.7. The van der Waals surface area contributed by atoms with E-state index in [4.69, 9.17) is 9.15 Å². The van der Waals surface area contributed by atoms with Crippen LogP contribution >= 0.6 is 0 Å². The predicted molar refractivity (Wildman–Crippen MR) is 125 cm³/mol. The Labute approximate surface area is 190 Å². The summed E-state index contributed by atoms with van der Waals surface area (Å²) in [4.78, 5) is 28.7. The van der Waals surface area contributed by atoms with Crippen molar-refractivity contribution in [3.05, 3.63) is 105 Å². The first kappa shape index (κ1) is 20.9. The lowest BCUT2D eigenvalue weighted by atomic mass is 9.97. The predicted octanol–water partition coefficient (Wildman–Crippen LogP) is 5.70. The zero-order valence-corrected chi connectivity index (χ0v) is 18.5. The van der Waals surface area contributed by atoms with Crippen molar-refractivity contribution in [1.82, 2.24) is 0 Å². The number of amides is 1. The highest BCUT2D eigenvalue weighted by Gasteiger charge is 2.43. The van der Waals surface area contributed by atoms with Crippen LogP contribution in [0.2, 0.25) is 0 Å². The molecular formula is C27H22FNO4. The summed E-state index contributed by atoms with van der Waals surface area (Å²) >= 11 is 0. The molecule has 0 saturated heterocycles. The van der Waals surface area contributed by atoms with Gasteiger partial charge in [0.25, 0.3) is 5.91 Å². The van der Waals surface area contributed by atoms with E-state index in [-0.39, 0.29) is 16.8 Å². The molecule has 6 heteroatoms. The molecule has 33 heavy (non-hydrogen) atoms. The number of hydrogen-bond acceptors (Lipinski definition) is 4. The van der Waals surface area contributed by atoms with Gasteiger partial charge in [-0.25, -0.2) is 4.39 Å². The van der Waals surface area contributed by atoms with E-state index in [0.29, 0.717) is 29.0 Å². The Balaban J connectivity index is 1.77. The minimum absolute atomic E-state index is 0.0129. The topological polar surface area (TPSA) is 59.8 Å². The van der Waals surface area contributed by atoms with Crippen molar-refractivity contribution in [3.63, 3.8) is 0 Å². The number of nitrogens with zero attached hydrogens (tertiary/aromatic N) is 1. The number of benzene rings is 3. The van der Waals surface area contributed by atoms with Crippen LogP contribution in [0.3, 0.4) is 0 Å². The summed E-state index contributed by atoms with van der Waals surface area (Å²) < 4.78 is 25.2. The lowest BCUT2D eigenvalue weighted by molar-refractivity contribution is 0.0971. The fourth-order valence-corrected chi connectivity index (χ4v) is 4.32. The van der Waals surface area contributed by atoms with E-state index < -0.39 is 17.8 Å². The van der Waals surface area contributed by atoms with Crippen LogP contribution in [-0.2, 0) is 0 Å². The first-order valence-corrected chi connectivity index (χ1v) is 10.8. The van der Waals surface area contributed by atoms with Crippen LogP contribution < -0.4 is 15.1 Å². The third-order valence-corrected chi connectivity index (χ3v) is 6.10. The molecule has 1 aliphatic rings. The molecule has 0 saturated carbocycles. The van der Waals surface area contributed by atoms with Crippen LogP contribution in [0.4, 0.5) is 10.1 Å². The molecule has 1 unspecified atom stereocenters. The molecule has 1 aromatic heterocycles. The summed E-state index contributed by atoms with van der Waals surface area (Å²) in [5.41, 5.74) is 3.55. The highest BCUT2D eigenvalue weighted by atomic mass is 19.1. The Morgan fingerprint density at radius 2 is 1.64 bits per heavy atom. The lowest BCUT2D eigenvalue weighted by Gasteiger charge is -2.25. The molecule has 5 rings (SSSR count). The number of fused-ring (bicyclic) bond motifs is 2. The summed E-state index contributed by atoms with van der Waals surface area (Å²) in [6.07, 6.45) is 0. The van der Waals surface area contributed by atoms with Crippen molar-refractivity contribution < 1.29 is 18.3 Å². The first-order valence-electron chi connectivity index (χ1n) is 10.8. The van der Waals surface area contributed by atoms with Gasteiger partial charge in [0, 0.05) is 5.69 Å². The average Bonchev–Trinajstić information content (AvgIpc) is 3.09. The largest absolute Gasteiger partial charge is 0.494 e. The number of aryl methyl sites for hydroxylation is 2. The van der Waals surface area contributed by atoms with Gasteiger partial charge >= 0.3 is 0 Å². The van der Waals surface area contributed by atoms with Gasteiger partial charge in [0.15, 0.2) is 5.43 Å². The molecule has 166 valence electrons. The Kier molecular flexibility index (Phi) is 5.01. The van der Waals surface area contributed by atoms with Crippen LogP contribution in [0.5, 0.6) is 5.75 Å². The van der Waals surface area contributed by atoms with E-state index >= 15 is 0 Å². The average molecular weight is 443 g/mol. The molecule has 0 N–H and O–H groups in total. The van der Waals surface area contributed by atoms with E-state index in [9.17, 15) is 14.0 Å². The molecule has 0 aliphatic carbocycles. The normalized spacial score (nSPS) is 15.2. The molecule has 1 amide bonds. The second kappa shape index (κ2) is 7.89. The third kappa shape index (κ3) is 3.39. The molecule has 3 aromatic carbocycles. The molecule has 2 heterocycles. The number of carbonyl (C=O) groups is 1. The molecular weight excluding hydrogens is 421 g/mol. The summed E-state index contributed by atoms with van der Waals surface area (Å²) in [7, 11) is 0. The Morgan fingerprint density at radius 1 is 0.970 bits per heavy atom. The van der Waals surface area contributed by atoms with Gasteiger partial charge in [-0.05, 0) is 86.0 Å². The van der Waals surface area contributed by atoms with Gasteiger partial charge in [-0.1, -0.05) is 12.1 Å². The zero-order chi connectivity index (χ0) is 23.3. The van der Waals surface area contributed by atoms with Gasteiger partial charge in [0.1, 0.15) is 17.1 Å². The van der Waals surface area contributed by atoms with Crippen molar-refractivity contribution in [2.75, 3.05) is 11.5 Å². The Morgan fingerprint density at radius 3 is 2.30 bits per heavy atom. The van der Waals surface area contributed by atoms with Gasteiger partial charge in [0.05, 0.1) is 23.6 Å². The van der Waals surface area contributed by atoms with Gasteiger partial charge in [-0.15, -0.1) is 0 Å². The number of ether oxygens (including phenoxy) is 1. The monoisotopic (exact) mass is 443 g/mol. The molecule has 0 spiro atoms. The van der Waals surface area contributed by atoms with E-state index in [0.717, 1.165) is 16.7 Å². The van der Waals surface area contributed by atoms with Crippen LogP contribution in [0.15, 0.2) is 69.9 Å². The third-order valence-electron chi connectivity index (χ3n) is 6.10. The second-order valence-corrected chi connectivity index (χ2v) is 8.16. The molecule has 0 bridgehead atoms. The number of carbonyl (C=O) groups excluding carboxylic acids is 1. The quantitative estimate of drug-likeness (QED) is 0.406. The molecule has 5 nitrogen and oxygen atoms in total. The minimum Gasteiger partial charge on any atom is -0.494 e. The number of hydrogen-bond donors (Lipinski definition) is 0. The van der Waals surface area contributed by atoms with E-state index in [1.165, 1.54) is 29.2 Å². The summed E-state index contributed by atoms with van der Waals surface area (Å²) in [5, 5.41) is 0.432. The van der Waals surface area contributed by atoms with Gasteiger partial charge in [0.2, 0.25) is 5.76 Å². The van der Waals surface area contributed by atoms with Crippen molar-refractivity contribution in [2.45, 2.75) is 26.8 Å². The van der Waals surface area contributed by atoms with E-state index in [1.807, 2.05) is 32.9 Å².